The van der Waals surface area contributed by atoms with Crippen molar-refractivity contribution in [3.8, 4) is 0 Å². The van der Waals surface area contributed by atoms with Crippen LogP contribution in [-0.4, -0.2) is 17.8 Å². The molecule has 3 atom stereocenters. The Balaban J connectivity index is 2.56. The topological polar surface area (TPSA) is 18.5 Å². The summed E-state index contributed by atoms with van der Waals surface area (Å²) in [6.07, 6.45) is 2.47. The molecule has 1 aliphatic heterocycles. The zero-order valence-electron chi connectivity index (χ0n) is 7.19. The summed E-state index contributed by atoms with van der Waals surface area (Å²) in [5.74, 6) is 0. The zero-order valence-corrected chi connectivity index (χ0v) is 9.64. The second kappa shape index (κ2) is 4.81. The average Bonchev–Trinajstić information content (AvgIpc) is 2.03. The lowest BCUT2D eigenvalue weighted by atomic mass is 10.1. The Kier molecular flexibility index (Phi) is 4.32. The van der Waals surface area contributed by atoms with Gasteiger partial charge in [-0.25, -0.2) is 0 Å². The van der Waals surface area contributed by atoms with Crippen molar-refractivity contribution in [1.29, 1.82) is 0 Å². The van der Waals surface area contributed by atoms with E-state index in [9.17, 15) is 0 Å². The monoisotopic (exact) mass is 225 g/mol. The lowest BCUT2D eigenvalue weighted by molar-refractivity contribution is -0.192. The minimum Gasteiger partial charge on any atom is -0.369 e. The largest absolute Gasteiger partial charge is 0.369 e. The fraction of sp³-hybridized carbons (Fsp3) is 1.00. The van der Waals surface area contributed by atoms with Crippen molar-refractivity contribution in [3.05, 3.63) is 0 Å². The summed E-state index contributed by atoms with van der Waals surface area (Å²) < 4.78 is 11.0. The Labute approximate surface area is 84.5 Å². The van der Waals surface area contributed by atoms with Gasteiger partial charge in [-0.05, 0) is 19.8 Å². The van der Waals surface area contributed by atoms with Crippen LogP contribution in [0.5, 0.6) is 0 Å². The molecule has 0 aromatic rings. The van der Waals surface area contributed by atoms with Crippen LogP contribution in [0, 0.1) is 0 Å². The predicted molar refractivity (Wildman–Crippen MR) is 56.2 cm³/mol. The number of rotatable bonds is 2. The van der Waals surface area contributed by atoms with Crippen molar-refractivity contribution in [2.45, 2.75) is 44.5 Å². The second-order valence-corrected chi connectivity index (χ2v) is 6.59. The molecule has 1 fully saturated rings. The molecule has 0 N–H and O–H groups in total. The van der Waals surface area contributed by atoms with Crippen molar-refractivity contribution in [1.82, 2.24) is 0 Å². The van der Waals surface area contributed by atoms with E-state index in [1.54, 1.807) is 0 Å². The highest BCUT2D eigenvalue weighted by Gasteiger charge is 2.21. The predicted octanol–water partition coefficient (Wildman–Crippen LogP) is 1.42. The molecule has 1 aliphatic rings. The van der Waals surface area contributed by atoms with E-state index in [0.717, 1.165) is 12.8 Å². The van der Waals surface area contributed by atoms with E-state index in [1.807, 2.05) is 6.92 Å². The SMILES string of the molecule is CCC1CC(C)OC([S-](=S)=S)O1. The highest BCUT2D eigenvalue weighted by molar-refractivity contribution is 8.46. The van der Waals surface area contributed by atoms with Crippen molar-refractivity contribution >= 4 is 30.4 Å². The number of hydrogen-bond donors (Lipinski definition) is 0. The summed E-state index contributed by atoms with van der Waals surface area (Å²) in [5.41, 5.74) is -0.330. The maximum absolute atomic E-state index is 5.55. The summed E-state index contributed by atoms with van der Waals surface area (Å²) in [6, 6.07) is 0. The highest BCUT2D eigenvalue weighted by Crippen LogP contribution is 2.20. The third kappa shape index (κ3) is 2.88. The first-order valence-electron chi connectivity index (χ1n) is 4.02. The molecule has 0 spiro atoms. The van der Waals surface area contributed by atoms with E-state index in [1.165, 1.54) is 0 Å². The van der Waals surface area contributed by atoms with E-state index in [2.05, 4.69) is 6.92 Å². The van der Waals surface area contributed by atoms with Gasteiger partial charge in [0.15, 0.2) is 0 Å². The highest BCUT2D eigenvalue weighted by atomic mass is 33.1. The van der Waals surface area contributed by atoms with Gasteiger partial charge in [0.05, 0.1) is 17.8 Å². The Morgan fingerprint density at radius 2 is 2.08 bits per heavy atom. The summed E-state index contributed by atoms with van der Waals surface area (Å²) >= 11 is 9.89. The van der Waals surface area contributed by atoms with Gasteiger partial charge in [-0.1, -0.05) is 6.92 Å². The van der Waals surface area contributed by atoms with Gasteiger partial charge in [0.2, 0.25) is 0 Å². The van der Waals surface area contributed by atoms with E-state index in [-0.39, 0.29) is 17.8 Å². The first kappa shape index (κ1) is 10.8. The molecular formula is C7H13O2S3-. The normalized spacial score (nSPS) is 37.1. The van der Waals surface area contributed by atoms with Gasteiger partial charge in [-0.2, -0.15) is 0 Å². The van der Waals surface area contributed by atoms with Crippen molar-refractivity contribution < 1.29 is 9.47 Å². The van der Waals surface area contributed by atoms with Gasteiger partial charge in [-0.15, -0.1) is 0 Å². The third-order valence-electron chi connectivity index (χ3n) is 1.85. The molecule has 0 saturated carbocycles. The number of hydrogen-bond acceptors (Lipinski definition) is 5. The van der Waals surface area contributed by atoms with Gasteiger partial charge >= 0.3 is 0 Å². The fourth-order valence-electron chi connectivity index (χ4n) is 1.21. The second-order valence-electron chi connectivity index (χ2n) is 2.90. The van der Waals surface area contributed by atoms with E-state index >= 15 is 0 Å². The first-order valence-corrected chi connectivity index (χ1v) is 7.16. The Morgan fingerprint density at radius 3 is 2.58 bits per heavy atom. The minimum absolute atomic E-state index is 0.231. The van der Waals surface area contributed by atoms with E-state index in [0.29, 0.717) is 0 Å². The summed E-state index contributed by atoms with van der Waals surface area (Å²) in [7, 11) is -0.623. The van der Waals surface area contributed by atoms with Crippen LogP contribution in [0.4, 0.5) is 0 Å². The molecule has 0 bridgehead atoms. The molecule has 0 radical (unpaired) electrons. The summed E-state index contributed by atoms with van der Waals surface area (Å²) in [4.78, 5) is 0. The molecule has 12 heavy (non-hydrogen) atoms. The van der Waals surface area contributed by atoms with Crippen molar-refractivity contribution in [3.63, 3.8) is 0 Å². The van der Waals surface area contributed by atoms with Crippen LogP contribution in [0.25, 0.3) is 0 Å². The number of ether oxygens (including phenoxy) is 2. The Hall–Kier alpha value is 0.710. The third-order valence-corrected chi connectivity index (χ3v) is 3.33. The van der Waals surface area contributed by atoms with Crippen LogP contribution >= 0.6 is 0 Å². The molecular weight excluding hydrogens is 212 g/mol. The van der Waals surface area contributed by atoms with Crippen molar-refractivity contribution in [2.24, 2.45) is 0 Å². The molecule has 3 unspecified atom stereocenters. The average molecular weight is 225 g/mol. The summed E-state index contributed by atoms with van der Waals surface area (Å²) in [6.45, 7) is 4.14. The lowest BCUT2D eigenvalue weighted by Gasteiger charge is -2.36. The van der Waals surface area contributed by atoms with Crippen molar-refractivity contribution in [2.75, 3.05) is 0 Å². The molecule has 0 aromatic carbocycles. The van der Waals surface area contributed by atoms with Crippen LogP contribution in [-0.2, 0) is 39.9 Å². The lowest BCUT2D eigenvalue weighted by Crippen LogP contribution is -2.36. The minimum atomic E-state index is -0.623. The van der Waals surface area contributed by atoms with Crippen LogP contribution in [0.1, 0.15) is 26.7 Å². The Morgan fingerprint density at radius 1 is 1.42 bits per heavy atom. The molecule has 72 valence electrons. The van der Waals surface area contributed by atoms with Gasteiger partial charge in [0.1, 0.15) is 0 Å². The van der Waals surface area contributed by atoms with Crippen LogP contribution < -0.4 is 0 Å². The molecule has 1 heterocycles. The van der Waals surface area contributed by atoms with E-state index in [4.69, 9.17) is 31.8 Å². The molecule has 0 aliphatic carbocycles. The Bertz CT molecular complexity index is 207. The van der Waals surface area contributed by atoms with Crippen LogP contribution in [0.3, 0.4) is 0 Å². The van der Waals surface area contributed by atoms with E-state index < -0.39 is 8.01 Å². The molecule has 1 saturated heterocycles. The fourth-order valence-corrected chi connectivity index (χ4v) is 2.29. The maximum Gasteiger partial charge on any atom is 0.0971 e. The zero-order chi connectivity index (χ0) is 9.14. The first-order chi connectivity index (χ1) is 5.63. The maximum atomic E-state index is 5.55. The van der Waals surface area contributed by atoms with Gasteiger partial charge < -0.3 is 9.47 Å². The molecule has 2 nitrogen and oxygen atoms in total. The smallest absolute Gasteiger partial charge is 0.0971 e. The van der Waals surface area contributed by atoms with Crippen LogP contribution in [0.2, 0.25) is 0 Å². The van der Waals surface area contributed by atoms with Crippen LogP contribution in [0.15, 0.2) is 0 Å². The van der Waals surface area contributed by atoms with Gasteiger partial charge in [0, 0.05) is 0 Å². The quantitative estimate of drug-likeness (QED) is 0.661. The molecule has 5 heteroatoms. The molecule has 0 amide bonds. The molecule has 1 rings (SSSR count). The van der Waals surface area contributed by atoms with Gasteiger partial charge in [0.25, 0.3) is 0 Å². The summed E-state index contributed by atoms with van der Waals surface area (Å²) in [5, 5.41) is 0. The molecule has 0 aromatic heterocycles. The standard InChI is InChI=1S/C7H13O2S3/c1-3-6-4-5(2)8-7(9-6)12(10)11/h5-7H,3-4H2,1-2H3/q-1. The van der Waals surface area contributed by atoms with Gasteiger partial charge in [-0.3, -0.25) is 30.4 Å².